The third-order valence-corrected chi connectivity index (χ3v) is 4.14. The molecule has 0 aliphatic rings. The quantitative estimate of drug-likeness (QED) is 0.548. The van der Waals surface area contributed by atoms with Crippen LogP contribution in [0, 0.1) is 0 Å². The Labute approximate surface area is 147 Å². The zero-order chi connectivity index (χ0) is 18.1. The number of rotatable bonds is 3. The summed E-state index contributed by atoms with van der Waals surface area (Å²) in [5, 5.41) is 4.32. The van der Waals surface area contributed by atoms with Crippen LogP contribution in [-0.4, -0.2) is 19.6 Å². The average Bonchev–Trinajstić information content (AvgIpc) is 3.11. The van der Waals surface area contributed by atoms with Crippen molar-refractivity contribution in [3.05, 3.63) is 84.1 Å². The summed E-state index contributed by atoms with van der Waals surface area (Å²) in [5.74, 6) is 0. The highest BCUT2D eigenvalue weighted by molar-refractivity contribution is 5.66. The summed E-state index contributed by atoms with van der Waals surface area (Å²) >= 11 is 0. The molecule has 0 saturated heterocycles. The zero-order valence-corrected chi connectivity index (χ0v) is 13.5. The number of hydrogen-bond acceptors (Lipinski definition) is 3. The largest absolute Gasteiger partial charge is 0.416 e. The van der Waals surface area contributed by atoms with E-state index in [0.717, 1.165) is 40.2 Å². The summed E-state index contributed by atoms with van der Waals surface area (Å²) in [7, 11) is 0. The lowest BCUT2D eigenvalue weighted by atomic mass is 10.0. The fourth-order valence-electron chi connectivity index (χ4n) is 2.87. The molecule has 26 heavy (non-hydrogen) atoms. The van der Waals surface area contributed by atoms with Crippen molar-refractivity contribution in [1.29, 1.82) is 0 Å². The molecule has 0 unspecified atom stereocenters. The molecule has 4 rings (SSSR count). The lowest BCUT2D eigenvalue weighted by Crippen LogP contribution is -2.05. The number of pyridine rings is 1. The Morgan fingerprint density at radius 2 is 1.77 bits per heavy atom. The second-order valence-electron chi connectivity index (χ2n) is 5.83. The molecule has 4 nitrogen and oxygen atoms in total. The van der Waals surface area contributed by atoms with Crippen LogP contribution < -0.4 is 0 Å². The Hall–Kier alpha value is -3.22. The number of hydrogen-bond donors (Lipinski definition) is 0. The van der Waals surface area contributed by atoms with Crippen LogP contribution in [0.15, 0.2) is 67.3 Å². The summed E-state index contributed by atoms with van der Waals surface area (Å²) in [5.41, 5.74) is 3.36. The van der Waals surface area contributed by atoms with Gasteiger partial charge in [-0.3, -0.25) is 0 Å². The van der Waals surface area contributed by atoms with Crippen molar-refractivity contribution in [2.75, 3.05) is 0 Å². The molecular weight excluding hydrogens is 341 g/mol. The van der Waals surface area contributed by atoms with Gasteiger partial charge in [-0.15, -0.1) is 0 Å². The standard InChI is InChI=1S/C19H13F3N4/c20-19(21,22)14-6-4-13(5-7-14)10-17-16(11-23-12-24-17)18-3-1-2-15-8-9-25-26(15)18/h1-9,11-12H,10H2. The smallest absolute Gasteiger partial charge is 0.244 e. The van der Waals surface area contributed by atoms with Crippen molar-refractivity contribution in [1.82, 2.24) is 19.6 Å². The minimum Gasteiger partial charge on any atom is -0.244 e. The first-order valence-corrected chi connectivity index (χ1v) is 7.90. The van der Waals surface area contributed by atoms with Gasteiger partial charge in [0, 0.05) is 18.2 Å². The van der Waals surface area contributed by atoms with Gasteiger partial charge in [-0.05, 0) is 35.9 Å². The van der Waals surface area contributed by atoms with Crippen LogP contribution in [0.2, 0.25) is 0 Å². The van der Waals surface area contributed by atoms with Crippen LogP contribution in [0.3, 0.4) is 0 Å². The summed E-state index contributed by atoms with van der Waals surface area (Å²) in [6.07, 6.45) is 0.898. The van der Waals surface area contributed by atoms with Gasteiger partial charge >= 0.3 is 6.18 Å². The first-order chi connectivity index (χ1) is 12.5. The monoisotopic (exact) mass is 354 g/mol. The second kappa shape index (κ2) is 6.25. The number of fused-ring (bicyclic) bond motifs is 1. The molecule has 0 aliphatic heterocycles. The number of halogens is 3. The molecular formula is C19H13F3N4. The van der Waals surface area contributed by atoms with Crippen molar-refractivity contribution >= 4 is 5.52 Å². The highest BCUT2D eigenvalue weighted by Crippen LogP contribution is 2.30. The predicted molar refractivity (Wildman–Crippen MR) is 90.5 cm³/mol. The lowest BCUT2D eigenvalue weighted by Gasteiger charge is -2.11. The number of aromatic nitrogens is 4. The van der Waals surface area contributed by atoms with Gasteiger partial charge in [0.25, 0.3) is 0 Å². The zero-order valence-electron chi connectivity index (χ0n) is 13.5. The molecule has 3 aromatic heterocycles. The van der Waals surface area contributed by atoms with Gasteiger partial charge in [0.1, 0.15) is 6.33 Å². The molecule has 130 valence electrons. The molecule has 0 spiro atoms. The molecule has 3 heterocycles. The summed E-state index contributed by atoms with van der Waals surface area (Å²) in [6.45, 7) is 0. The van der Waals surface area contributed by atoms with E-state index < -0.39 is 11.7 Å². The van der Waals surface area contributed by atoms with Crippen molar-refractivity contribution < 1.29 is 13.2 Å². The van der Waals surface area contributed by atoms with Crippen molar-refractivity contribution in [3.63, 3.8) is 0 Å². The highest BCUT2D eigenvalue weighted by atomic mass is 19.4. The molecule has 0 radical (unpaired) electrons. The second-order valence-corrected chi connectivity index (χ2v) is 5.83. The van der Waals surface area contributed by atoms with Crippen molar-refractivity contribution in [3.8, 4) is 11.3 Å². The summed E-state index contributed by atoms with van der Waals surface area (Å²) < 4.78 is 39.9. The number of nitrogens with zero attached hydrogens (tertiary/aromatic N) is 4. The molecule has 0 fully saturated rings. The molecule has 1 aromatic carbocycles. The van der Waals surface area contributed by atoms with Gasteiger partial charge in [-0.25, -0.2) is 14.5 Å². The fraction of sp³-hybridized carbons (Fsp3) is 0.105. The maximum atomic E-state index is 12.7. The van der Waals surface area contributed by atoms with E-state index in [-0.39, 0.29) is 0 Å². The van der Waals surface area contributed by atoms with Gasteiger partial charge in [-0.1, -0.05) is 18.2 Å². The minimum atomic E-state index is -4.34. The summed E-state index contributed by atoms with van der Waals surface area (Å²) in [6, 6.07) is 12.8. The fourth-order valence-corrected chi connectivity index (χ4v) is 2.87. The van der Waals surface area contributed by atoms with E-state index >= 15 is 0 Å². The van der Waals surface area contributed by atoms with Gasteiger partial charge in [0.15, 0.2) is 0 Å². The van der Waals surface area contributed by atoms with Crippen LogP contribution >= 0.6 is 0 Å². The Kier molecular flexibility index (Phi) is 3.91. The van der Waals surface area contributed by atoms with E-state index in [1.165, 1.54) is 18.5 Å². The van der Waals surface area contributed by atoms with Crippen LogP contribution in [0.1, 0.15) is 16.8 Å². The van der Waals surface area contributed by atoms with Crippen molar-refractivity contribution in [2.45, 2.75) is 12.6 Å². The lowest BCUT2D eigenvalue weighted by molar-refractivity contribution is -0.137. The number of alkyl halides is 3. The Morgan fingerprint density at radius 1 is 0.962 bits per heavy atom. The maximum absolute atomic E-state index is 12.7. The van der Waals surface area contributed by atoms with Crippen LogP contribution in [0.25, 0.3) is 16.8 Å². The van der Waals surface area contributed by atoms with E-state index in [0.29, 0.717) is 6.42 Å². The number of benzene rings is 1. The first-order valence-electron chi connectivity index (χ1n) is 7.90. The maximum Gasteiger partial charge on any atom is 0.416 e. The normalized spacial score (nSPS) is 11.8. The van der Waals surface area contributed by atoms with Gasteiger partial charge in [-0.2, -0.15) is 18.3 Å². The molecule has 0 amide bonds. The van der Waals surface area contributed by atoms with Crippen LogP contribution in [0.5, 0.6) is 0 Å². The van der Waals surface area contributed by atoms with E-state index in [9.17, 15) is 13.2 Å². The highest BCUT2D eigenvalue weighted by Gasteiger charge is 2.29. The van der Waals surface area contributed by atoms with E-state index in [2.05, 4.69) is 15.1 Å². The molecule has 0 N–H and O–H groups in total. The SMILES string of the molecule is FC(F)(F)c1ccc(Cc2ncncc2-c2cccc3ccnn23)cc1. The minimum absolute atomic E-state index is 0.396. The molecule has 0 bridgehead atoms. The molecule has 4 aromatic rings. The van der Waals surface area contributed by atoms with E-state index in [4.69, 9.17) is 0 Å². The van der Waals surface area contributed by atoms with Crippen molar-refractivity contribution in [2.24, 2.45) is 0 Å². The van der Waals surface area contributed by atoms with E-state index in [1.807, 2.05) is 24.3 Å². The average molecular weight is 354 g/mol. The van der Waals surface area contributed by atoms with Crippen LogP contribution in [0.4, 0.5) is 13.2 Å². The topological polar surface area (TPSA) is 43.1 Å². The Balaban J connectivity index is 1.72. The van der Waals surface area contributed by atoms with Gasteiger partial charge < -0.3 is 0 Å². The van der Waals surface area contributed by atoms with Gasteiger partial charge in [0.05, 0.1) is 28.7 Å². The van der Waals surface area contributed by atoms with E-state index in [1.54, 1.807) is 16.9 Å². The third kappa shape index (κ3) is 3.03. The predicted octanol–water partition coefficient (Wildman–Crippen LogP) is 4.40. The Bertz CT molecular complexity index is 1050. The first kappa shape index (κ1) is 16.3. The van der Waals surface area contributed by atoms with Gasteiger partial charge in [0.2, 0.25) is 0 Å². The molecule has 0 aliphatic carbocycles. The Morgan fingerprint density at radius 3 is 2.54 bits per heavy atom. The molecule has 0 saturated carbocycles. The molecule has 7 heteroatoms. The third-order valence-electron chi connectivity index (χ3n) is 4.14. The van der Waals surface area contributed by atoms with Crippen LogP contribution in [-0.2, 0) is 12.6 Å². The molecule has 0 atom stereocenters. The summed E-state index contributed by atoms with van der Waals surface area (Å²) in [4.78, 5) is 8.44.